The van der Waals surface area contributed by atoms with Crippen molar-refractivity contribution in [1.29, 1.82) is 0 Å². The maximum Gasteiger partial charge on any atom is 0.255 e. The van der Waals surface area contributed by atoms with Gasteiger partial charge in [-0.2, -0.15) is 0 Å². The van der Waals surface area contributed by atoms with Gasteiger partial charge in [-0.15, -0.1) is 0 Å². The van der Waals surface area contributed by atoms with E-state index in [4.69, 9.17) is 14.2 Å². The Morgan fingerprint density at radius 1 is 1.16 bits per heavy atom. The number of rotatable bonds is 10. The van der Waals surface area contributed by atoms with Crippen LogP contribution in [0.3, 0.4) is 0 Å². The van der Waals surface area contributed by atoms with Crippen molar-refractivity contribution in [1.82, 2.24) is 9.47 Å². The molecule has 32 heavy (non-hydrogen) atoms. The zero-order chi connectivity index (χ0) is 22.6. The third-order valence-corrected chi connectivity index (χ3v) is 7.81. The van der Waals surface area contributed by atoms with Gasteiger partial charge in [0.25, 0.3) is 5.91 Å². The van der Waals surface area contributed by atoms with E-state index in [0.717, 1.165) is 107 Å². The van der Waals surface area contributed by atoms with Crippen molar-refractivity contribution in [3.63, 3.8) is 0 Å². The zero-order valence-electron chi connectivity index (χ0n) is 20.4. The van der Waals surface area contributed by atoms with E-state index in [0.29, 0.717) is 5.92 Å². The summed E-state index contributed by atoms with van der Waals surface area (Å²) in [4.78, 5) is 15.4. The molecule has 180 valence electrons. The van der Waals surface area contributed by atoms with Crippen molar-refractivity contribution in [3.05, 3.63) is 23.0 Å². The van der Waals surface area contributed by atoms with E-state index in [2.05, 4.69) is 24.5 Å². The highest BCUT2D eigenvalue weighted by molar-refractivity contribution is 5.95. The van der Waals surface area contributed by atoms with Crippen molar-refractivity contribution in [3.8, 4) is 0 Å². The number of amides is 1. The van der Waals surface area contributed by atoms with Crippen molar-refractivity contribution < 1.29 is 19.0 Å². The summed E-state index contributed by atoms with van der Waals surface area (Å²) in [5.41, 5.74) is 3.04. The minimum atomic E-state index is -0.0345. The number of methoxy groups -OCH3 is 1. The maximum atomic E-state index is 13.3. The van der Waals surface area contributed by atoms with Gasteiger partial charge in [0.1, 0.15) is 0 Å². The molecule has 1 aromatic rings. The van der Waals surface area contributed by atoms with Crippen LogP contribution < -0.4 is 0 Å². The van der Waals surface area contributed by atoms with Crippen LogP contribution in [-0.4, -0.2) is 67.6 Å². The van der Waals surface area contributed by atoms with E-state index in [1.54, 1.807) is 7.11 Å². The number of nitrogens with zero attached hydrogens (tertiary/aromatic N) is 2. The van der Waals surface area contributed by atoms with Gasteiger partial charge in [-0.25, -0.2) is 0 Å². The second kappa shape index (κ2) is 10.7. The highest BCUT2D eigenvalue weighted by atomic mass is 16.5. The van der Waals surface area contributed by atoms with E-state index >= 15 is 0 Å². The molecule has 2 aliphatic heterocycles. The minimum absolute atomic E-state index is 0.0345. The fourth-order valence-electron chi connectivity index (χ4n) is 5.52. The second-order valence-electron chi connectivity index (χ2n) is 10.3. The Morgan fingerprint density at radius 3 is 2.66 bits per heavy atom. The molecule has 0 bridgehead atoms. The predicted molar refractivity (Wildman–Crippen MR) is 125 cm³/mol. The van der Waals surface area contributed by atoms with Gasteiger partial charge in [0.05, 0.1) is 11.2 Å². The highest BCUT2D eigenvalue weighted by Gasteiger charge is 2.41. The SMILES string of the molecule is COCCCn1c(C)cc(C(=O)N2CCC3(CC2)CC(CCOCC2CC2)CCO3)c1C. The van der Waals surface area contributed by atoms with Gasteiger partial charge in [-0.3, -0.25) is 4.79 Å². The largest absolute Gasteiger partial charge is 0.385 e. The topological polar surface area (TPSA) is 52.9 Å². The number of aromatic nitrogens is 1. The first-order valence-corrected chi connectivity index (χ1v) is 12.7. The fraction of sp³-hybridized carbons (Fsp3) is 0.808. The monoisotopic (exact) mass is 446 g/mol. The third kappa shape index (κ3) is 5.75. The quantitative estimate of drug-likeness (QED) is 0.501. The number of hydrogen-bond acceptors (Lipinski definition) is 4. The Balaban J connectivity index is 1.28. The standard InChI is InChI=1S/C26H42N2O4/c1-20-17-24(21(2)28(20)11-4-14-30-3)25(29)27-12-9-26(10-13-27)18-22(8-16-32-26)7-15-31-19-23-5-6-23/h17,22-23H,4-16,18-19H2,1-3H3. The summed E-state index contributed by atoms with van der Waals surface area (Å²) in [6, 6.07) is 2.06. The van der Waals surface area contributed by atoms with Gasteiger partial charge in [0.15, 0.2) is 0 Å². The first kappa shape index (κ1) is 23.8. The van der Waals surface area contributed by atoms with Crippen LogP contribution in [0, 0.1) is 25.7 Å². The summed E-state index contributed by atoms with van der Waals surface area (Å²) in [7, 11) is 1.73. The molecule has 1 aliphatic carbocycles. The molecule has 0 N–H and O–H groups in total. The summed E-state index contributed by atoms with van der Waals surface area (Å²) in [5, 5.41) is 0. The van der Waals surface area contributed by atoms with Gasteiger partial charge in [-0.1, -0.05) is 0 Å². The number of carbonyl (C=O) groups is 1. The van der Waals surface area contributed by atoms with E-state index < -0.39 is 0 Å². The Morgan fingerprint density at radius 2 is 1.94 bits per heavy atom. The van der Waals surface area contributed by atoms with Gasteiger partial charge in [0, 0.05) is 64.6 Å². The van der Waals surface area contributed by atoms with Crippen molar-refractivity contribution >= 4 is 5.91 Å². The Kier molecular flexibility index (Phi) is 7.95. The molecule has 4 rings (SSSR count). The van der Waals surface area contributed by atoms with Crippen LogP contribution in [0.15, 0.2) is 6.07 Å². The third-order valence-electron chi connectivity index (χ3n) is 7.81. The van der Waals surface area contributed by atoms with Crippen molar-refractivity contribution in [2.24, 2.45) is 11.8 Å². The van der Waals surface area contributed by atoms with Gasteiger partial charge >= 0.3 is 0 Å². The fourth-order valence-corrected chi connectivity index (χ4v) is 5.52. The molecule has 1 atom stereocenters. The molecule has 3 aliphatic rings. The molecule has 1 spiro atoms. The molecule has 2 saturated heterocycles. The molecule has 1 saturated carbocycles. The summed E-state index contributed by atoms with van der Waals surface area (Å²) in [6.45, 7) is 10.1. The molecule has 1 amide bonds. The summed E-state index contributed by atoms with van der Waals surface area (Å²) in [5.74, 6) is 1.70. The molecule has 0 radical (unpaired) electrons. The van der Waals surface area contributed by atoms with Crippen LogP contribution in [0.25, 0.3) is 0 Å². The molecule has 0 aromatic carbocycles. The van der Waals surface area contributed by atoms with Crippen LogP contribution >= 0.6 is 0 Å². The second-order valence-corrected chi connectivity index (χ2v) is 10.3. The minimum Gasteiger partial charge on any atom is -0.385 e. The molecule has 1 aromatic heterocycles. The molecule has 1 unspecified atom stereocenters. The maximum absolute atomic E-state index is 13.3. The van der Waals surface area contributed by atoms with E-state index in [-0.39, 0.29) is 11.5 Å². The van der Waals surface area contributed by atoms with Gasteiger partial charge < -0.3 is 23.7 Å². The molecule has 6 heteroatoms. The normalized spacial score (nSPS) is 23.1. The first-order valence-electron chi connectivity index (χ1n) is 12.7. The number of piperidine rings is 1. The zero-order valence-corrected chi connectivity index (χ0v) is 20.4. The lowest BCUT2D eigenvalue weighted by molar-refractivity contribution is -0.126. The Hall–Kier alpha value is -1.37. The smallest absolute Gasteiger partial charge is 0.255 e. The van der Waals surface area contributed by atoms with E-state index in [9.17, 15) is 4.79 Å². The van der Waals surface area contributed by atoms with Crippen LogP contribution in [0.5, 0.6) is 0 Å². The number of aryl methyl sites for hydroxylation is 1. The number of carbonyl (C=O) groups excluding carboxylic acids is 1. The molecular weight excluding hydrogens is 404 g/mol. The highest BCUT2D eigenvalue weighted by Crippen LogP contribution is 2.39. The average Bonchev–Trinajstić information content (AvgIpc) is 3.58. The summed E-state index contributed by atoms with van der Waals surface area (Å²) in [6.07, 6.45) is 8.98. The van der Waals surface area contributed by atoms with E-state index in [1.807, 2.05) is 4.90 Å². The van der Waals surface area contributed by atoms with Crippen LogP contribution in [0.1, 0.15) is 73.1 Å². The van der Waals surface area contributed by atoms with Gasteiger partial charge in [-0.05, 0) is 83.1 Å². The lowest BCUT2D eigenvalue weighted by Gasteiger charge is -2.46. The number of hydrogen-bond donors (Lipinski definition) is 0. The average molecular weight is 447 g/mol. The number of likely N-dealkylation sites (tertiary alicyclic amines) is 1. The Bertz CT molecular complexity index is 762. The number of ether oxygens (including phenoxy) is 3. The summed E-state index contributed by atoms with van der Waals surface area (Å²) >= 11 is 0. The molecular formula is C26H42N2O4. The Labute approximate surface area is 193 Å². The van der Waals surface area contributed by atoms with E-state index in [1.165, 1.54) is 12.8 Å². The molecule has 3 fully saturated rings. The van der Waals surface area contributed by atoms with Crippen LogP contribution in [0.4, 0.5) is 0 Å². The van der Waals surface area contributed by atoms with Crippen molar-refractivity contribution in [2.75, 3.05) is 46.6 Å². The van der Waals surface area contributed by atoms with Gasteiger partial charge in [0.2, 0.25) is 0 Å². The summed E-state index contributed by atoms with van der Waals surface area (Å²) < 4.78 is 19.7. The van der Waals surface area contributed by atoms with Crippen molar-refractivity contribution in [2.45, 2.75) is 77.4 Å². The predicted octanol–water partition coefficient (Wildman–Crippen LogP) is 4.36. The van der Waals surface area contributed by atoms with Crippen LogP contribution in [0.2, 0.25) is 0 Å². The molecule has 6 nitrogen and oxygen atoms in total. The lowest BCUT2D eigenvalue weighted by atomic mass is 9.78. The first-order chi connectivity index (χ1) is 15.5. The molecule has 3 heterocycles. The van der Waals surface area contributed by atoms with Crippen LogP contribution in [-0.2, 0) is 20.8 Å². The lowest BCUT2D eigenvalue weighted by Crippen LogP contribution is -2.51.